The summed E-state index contributed by atoms with van der Waals surface area (Å²) in [6, 6.07) is 4.48. The highest BCUT2D eigenvalue weighted by molar-refractivity contribution is 9.10. The summed E-state index contributed by atoms with van der Waals surface area (Å²) in [4.78, 5) is 11.9. The lowest BCUT2D eigenvalue weighted by molar-refractivity contribution is 0.0136. The molecule has 0 bridgehead atoms. The van der Waals surface area contributed by atoms with Gasteiger partial charge < -0.3 is 10.1 Å². The minimum Gasteiger partial charge on any atom is -0.378 e. The van der Waals surface area contributed by atoms with E-state index in [-0.39, 0.29) is 18.1 Å². The van der Waals surface area contributed by atoms with Gasteiger partial charge in [0.05, 0.1) is 10.6 Å². The van der Waals surface area contributed by atoms with Crippen molar-refractivity contribution in [2.45, 2.75) is 31.9 Å². The van der Waals surface area contributed by atoms with Crippen molar-refractivity contribution in [2.24, 2.45) is 0 Å². The second-order valence-corrected chi connectivity index (χ2v) is 5.36. The number of hydrogen-bond donors (Lipinski definition) is 1. The summed E-state index contributed by atoms with van der Waals surface area (Å²) in [6.45, 7) is 2.64. The van der Waals surface area contributed by atoms with Gasteiger partial charge in [0.1, 0.15) is 5.82 Å². The van der Waals surface area contributed by atoms with Gasteiger partial charge in [0.15, 0.2) is 0 Å². The summed E-state index contributed by atoms with van der Waals surface area (Å²) in [5, 5.41) is 2.91. The van der Waals surface area contributed by atoms with Crippen LogP contribution in [0.15, 0.2) is 22.7 Å². The molecule has 0 radical (unpaired) electrons. The Balaban J connectivity index is 2.00. The van der Waals surface area contributed by atoms with Gasteiger partial charge in [0, 0.05) is 18.2 Å². The molecular weight excluding hydrogens is 301 g/mol. The summed E-state index contributed by atoms with van der Waals surface area (Å²) >= 11 is 3.06. The second kappa shape index (κ2) is 5.80. The van der Waals surface area contributed by atoms with Crippen LogP contribution in [0.4, 0.5) is 4.39 Å². The first-order valence-electron chi connectivity index (χ1n) is 5.94. The smallest absolute Gasteiger partial charge is 0.251 e. The van der Waals surface area contributed by atoms with Gasteiger partial charge in [-0.15, -0.1) is 0 Å². The lowest BCUT2D eigenvalue weighted by Gasteiger charge is -2.27. The maximum atomic E-state index is 13.3. The fraction of sp³-hybridized carbons (Fsp3) is 0.462. The fourth-order valence-corrected chi connectivity index (χ4v) is 2.28. The molecule has 1 fully saturated rings. The summed E-state index contributed by atoms with van der Waals surface area (Å²) in [6.07, 6.45) is 1.76. The van der Waals surface area contributed by atoms with E-state index in [2.05, 4.69) is 21.2 Å². The van der Waals surface area contributed by atoms with E-state index in [1.165, 1.54) is 12.1 Å². The minimum absolute atomic E-state index is 0.105. The predicted octanol–water partition coefficient (Wildman–Crippen LogP) is 2.89. The number of amides is 1. The van der Waals surface area contributed by atoms with Crippen LogP contribution >= 0.6 is 15.9 Å². The van der Waals surface area contributed by atoms with Crippen LogP contribution in [0, 0.1) is 5.82 Å². The molecule has 2 rings (SSSR count). The van der Waals surface area contributed by atoms with Gasteiger partial charge in [-0.1, -0.05) is 0 Å². The number of carbonyl (C=O) groups excluding carboxylic acids is 1. The van der Waals surface area contributed by atoms with Crippen molar-refractivity contribution in [2.75, 3.05) is 6.61 Å². The van der Waals surface area contributed by atoms with E-state index in [1.807, 2.05) is 6.92 Å². The number of benzene rings is 1. The van der Waals surface area contributed by atoms with Crippen molar-refractivity contribution in [1.29, 1.82) is 0 Å². The molecule has 0 spiro atoms. The van der Waals surface area contributed by atoms with Gasteiger partial charge in [-0.05, 0) is 53.9 Å². The largest absolute Gasteiger partial charge is 0.378 e. The van der Waals surface area contributed by atoms with Crippen LogP contribution in [0.5, 0.6) is 0 Å². The number of carbonyl (C=O) groups is 1. The monoisotopic (exact) mass is 315 g/mol. The molecule has 1 aliphatic heterocycles. The van der Waals surface area contributed by atoms with Crippen LogP contribution in [0.25, 0.3) is 0 Å². The van der Waals surface area contributed by atoms with Gasteiger partial charge in [0.2, 0.25) is 0 Å². The molecule has 5 heteroatoms. The molecule has 1 N–H and O–H groups in total. The van der Waals surface area contributed by atoms with Gasteiger partial charge in [-0.25, -0.2) is 4.39 Å². The van der Waals surface area contributed by atoms with Gasteiger partial charge >= 0.3 is 0 Å². The molecule has 1 aromatic carbocycles. The van der Waals surface area contributed by atoms with E-state index in [0.29, 0.717) is 16.6 Å². The molecule has 98 valence electrons. The topological polar surface area (TPSA) is 38.3 Å². The first-order chi connectivity index (χ1) is 8.56. The molecule has 2 unspecified atom stereocenters. The molecule has 0 aliphatic carbocycles. The van der Waals surface area contributed by atoms with Crippen LogP contribution in [-0.2, 0) is 4.74 Å². The van der Waals surface area contributed by atoms with Crippen molar-refractivity contribution >= 4 is 21.8 Å². The third-order valence-corrected chi connectivity index (χ3v) is 3.65. The molecule has 1 amide bonds. The summed E-state index contributed by atoms with van der Waals surface area (Å²) in [5.74, 6) is -0.663. The maximum Gasteiger partial charge on any atom is 0.251 e. The standard InChI is InChI=1S/C13H15BrFNO2/c1-8-6-10(4-5-18-8)16-13(17)9-2-3-11(14)12(15)7-9/h2-3,7-8,10H,4-6H2,1H3,(H,16,17). The first-order valence-corrected chi connectivity index (χ1v) is 6.73. The third kappa shape index (κ3) is 3.29. The van der Waals surface area contributed by atoms with Crippen molar-refractivity contribution in [3.05, 3.63) is 34.1 Å². The first kappa shape index (κ1) is 13.5. The number of hydrogen-bond acceptors (Lipinski definition) is 2. The zero-order valence-corrected chi connectivity index (χ0v) is 11.7. The molecule has 3 nitrogen and oxygen atoms in total. The Morgan fingerprint density at radius 3 is 3.00 bits per heavy atom. The van der Waals surface area contributed by atoms with Gasteiger partial charge in [-0.3, -0.25) is 4.79 Å². The average Bonchev–Trinajstić information content (AvgIpc) is 2.32. The molecular formula is C13H15BrFNO2. The highest BCUT2D eigenvalue weighted by atomic mass is 79.9. The molecule has 1 aliphatic rings. The molecule has 1 saturated heterocycles. The Morgan fingerprint density at radius 2 is 2.33 bits per heavy atom. The van der Waals surface area contributed by atoms with E-state index >= 15 is 0 Å². The van der Waals surface area contributed by atoms with Crippen LogP contribution in [-0.4, -0.2) is 24.7 Å². The second-order valence-electron chi connectivity index (χ2n) is 4.51. The third-order valence-electron chi connectivity index (χ3n) is 3.00. The minimum atomic E-state index is -0.428. The highest BCUT2D eigenvalue weighted by Crippen LogP contribution is 2.17. The van der Waals surface area contributed by atoms with E-state index in [0.717, 1.165) is 12.8 Å². The summed E-state index contributed by atoms with van der Waals surface area (Å²) in [7, 11) is 0. The highest BCUT2D eigenvalue weighted by Gasteiger charge is 2.21. The van der Waals surface area contributed by atoms with Crippen LogP contribution < -0.4 is 5.32 Å². The van der Waals surface area contributed by atoms with E-state index in [1.54, 1.807) is 6.07 Å². The zero-order chi connectivity index (χ0) is 13.1. The Morgan fingerprint density at radius 1 is 1.56 bits per heavy atom. The number of rotatable bonds is 2. The lowest BCUT2D eigenvalue weighted by Crippen LogP contribution is -2.41. The predicted molar refractivity (Wildman–Crippen MR) is 70.0 cm³/mol. The lowest BCUT2D eigenvalue weighted by atomic mass is 10.0. The quantitative estimate of drug-likeness (QED) is 0.911. The zero-order valence-electron chi connectivity index (χ0n) is 10.1. The maximum absolute atomic E-state index is 13.3. The summed E-state index contributed by atoms with van der Waals surface area (Å²) in [5.41, 5.74) is 0.342. The van der Waals surface area contributed by atoms with Crippen LogP contribution in [0.1, 0.15) is 30.1 Å². The van der Waals surface area contributed by atoms with Gasteiger partial charge in [0.25, 0.3) is 5.91 Å². The fourth-order valence-electron chi connectivity index (χ4n) is 2.04. The Kier molecular flexibility index (Phi) is 4.35. The Bertz CT molecular complexity index is 453. The molecule has 2 atom stereocenters. The number of halogens is 2. The number of nitrogens with one attached hydrogen (secondary N) is 1. The Hall–Kier alpha value is -0.940. The van der Waals surface area contributed by atoms with Crippen molar-refractivity contribution in [3.8, 4) is 0 Å². The molecule has 1 aromatic rings. The molecule has 18 heavy (non-hydrogen) atoms. The normalized spacial score (nSPS) is 23.7. The van der Waals surface area contributed by atoms with E-state index in [9.17, 15) is 9.18 Å². The Labute approximate surface area is 114 Å². The summed E-state index contributed by atoms with van der Waals surface area (Å²) < 4.78 is 19.1. The molecule has 1 heterocycles. The molecule has 0 saturated carbocycles. The van der Waals surface area contributed by atoms with Crippen molar-refractivity contribution in [1.82, 2.24) is 5.32 Å². The van der Waals surface area contributed by atoms with E-state index < -0.39 is 5.82 Å². The average molecular weight is 316 g/mol. The van der Waals surface area contributed by atoms with Crippen molar-refractivity contribution in [3.63, 3.8) is 0 Å². The van der Waals surface area contributed by atoms with E-state index in [4.69, 9.17) is 4.74 Å². The van der Waals surface area contributed by atoms with Crippen molar-refractivity contribution < 1.29 is 13.9 Å². The van der Waals surface area contributed by atoms with Gasteiger partial charge in [-0.2, -0.15) is 0 Å². The van der Waals surface area contributed by atoms with Crippen LogP contribution in [0.2, 0.25) is 0 Å². The SMILES string of the molecule is CC1CC(NC(=O)c2ccc(Br)c(F)c2)CCO1. The molecule has 0 aromatic heterocycles. The van der Waals surface area contributed by atoms with Crippen LogP contribution in [0.3, 0.4) is 0 Å². The number of ether oxygens (including phenoxy) is 1.